The van der Waals surface area contributed by atoms with E-state index in [1.54, 1.807) is 6.20 Å². The van der Waals surface area contributed by atoms with E-state index in [1.165, 1.54) is 38.5 Å². The first-order valence-corrected chi connectivity index (χ1v) is 8.90. The lowest BCUT2D eigenvalue weighted by Gasteiger charge is -2.56. The third kappa shape index (κ3) is 2.55. The van der Waals surface area contributed by atoms with Gasteiger partial charge in [-0.05, 0) is 63.2 Å². The van der Waals surface area contributed by atoms with E-state index in [9.17, 15) is 4.79 Å². The number of rotatable bonds is 4. The number of halogens is 1. The lowest BCUT2D eigenvalue weighted by atomic mass is 9.53. The summed E-state index contributed by atoms with van der Waals surface area (Å²) in [5.41, 5.74) is 1.05. The van der Waals surface area contributed by atoms with Crippen LogP contribution in [-0.2, 0) is 11.3 Å². The summed E-state index contributed by atoms with van der Waals surface area (Å²) in [7, 11) is 0. The highest BCUT2D eigenvalue weighted by atomic mass is 35.5. The van der Waals surface area contributed by atoms with E-state index < -0.39 is 0 Å². The SMILES string of the molecule is Cc1c(Cl)cnn1CCC(=O)NC12CC3CC(CC(C3)C1)C2. The second kappa shape index (κ2) is 5.26. The van der Waals surface area contributed by atoms with Gasteiger partial charge in [0.25, 0.3) is 0 Å². The number of amides is 1. The van der Waals surface area contributed by atoms with Crippen molar-refractivity contribution in [3.05, 3.63) is 16.9 Å². The predicted molar refractivity (Wildman–Crippen MR) is 85.6 cm³/mol. The molecule has 4 aliphatic rings. The van der Waals surface area contributed by atoms with Crippen LogP contribution < -0.4 is 5.32 Å². The maximum Gasteiger partial charge on any atom is 0.222 e. The number of carbonyl (C=O) groups is 1. The van der Waals surface area contributed by atoms with Crippen LogP contribution >= 0.6 is 11.6 Å². The largest absolute Gasteiger partial charge is 0.351 e. The Bertz CT molecular complexity index is 559. The lowest BCUT2D eigenvalue weighted by Crippen LogP contribution is -2.59. The monoisotopic (exact) mass is 321 g/mol. The van der Waals surface area contributed by atoms with Gasteiger partial charge in [-0.1, -0.05) is 11.6 Å². The Balaban J connectivity index is 1.37. The summed E-state index contributed by atoms with van der Waals surface area (Å²) in [4.78, 5) is 12.4. The van der Waals surface area contributed by atoms with Crippen LogP contribution in [0.1, 0.15) is 50.6 Å². The van der Waals surface area contributed by atoms with Gasteiger partial charge in [0.05, 0.1) is 23.5 Å². The Hall–Kier alpha value is -1.03. The molecule has 0 radical (unpaired) electrons. The second-order valence-corrected chi connectivity index (χ2v) is 8.20. The molecule has 0 atom stereocenters. The Morgan fingerprint density at radius 2 is 1.91 bits per heavy atom. The van der Waals surface area contributed by atoms with Crippen molar-refractivity contribution in [1.29, 1.82) is 0 Å². The van der Waals surface area contributed by atoms with Crippen molar-refractivity contribution in [2.45, 2.75) is 64.0 Å². The Morgan fingerprint density at radius 3 is 2.41 bits per heavy atom. The first-order valence-electron chi connectivity index (χ1n) is 8.52. The summed E-state index contributed by atoms with van der Waals surface area (Å²) in [6.07, 6.45) is 9.96. The summed E-state index contributed by atoms with van der Waals surface area (Å²) in [6.45, 7) is 2.54. The van der Waals surface area contributed by atoms with Crippen LogP contribution in [0.25, 0.3) is 0 Å². The average molecular weight is 322 g/mol. The number of aromatic nitrogens is 2. The van der Waals surface area contributed by atoms with Gasteiger partial charge in [0.1, 0.15) is 0 Å². The molecule has 5 heteroatoms. The van der Waals surface area contributed by atoms with Crippen LogP contribution in [0, 0.1) is 24.7 Å². The van der Waals surface area contributed by atoms with E-state index in [0.717, 1.165) is 23.4 Å². The fourth-order valence-electron chi connectivity index (χ4n) is 5.48. The van der Waals surface area contributed by atoms with Crippen LogP contribution in [0.15, 0.2) is 6.20 Å². The molecule has 4 bridgehead atoms. The minimum Gasteiger partial charge on any atom is -0.351 e. The number of nitrogens with one attached hydrogen (secondary N) is 1. The topological polar surface area (TPSA) is 46.9 Å². The van der Waals surface area contributed by atoms with Crippen molar-refractivity contribution in [3.8, 4) is 0 Å². The maximum absolute atomic E-state index is 12.4. The highest BCUT2D eigenvalue weighted by Gasteiger charge is 2.51. The molecule has 120 valence electrons. The third-order valence-electron chi connectivity index (χ3n) is 6.04. The molecule has 1 heterocycles. The van der Waals surface area contributed by atoms with Crippen molar-refractivity contribution in [1.82, 2.24) is 15.1 Å². The first kappa shape index (κ1) is 14.6. The number of aryl methyl sites for hydroxylation is 1. The van der Waals surface area contributed by atoms with Crippen molar-refractivity contribution >= 4 is 17.5 Å². The molecule has 0 aliphatic heterocycles. The van der Waals surface area contributed by atoms with Crippen LogP contribution in [-0.4, -0.2) is 21.2 Å². The minimum absolute atomic E-state index is 0.114. The van der Waals surface area contributed by atoms with Gasteiger partial charge in [-0.3, -0.25) is 9.48 Å². The summed E-state index contributed by atoms with van der Waals surface area (Å²) < 4.78 is 1.82. The molecule has 1 aromatic heterocycles. The average Bonchev–Trinajstić information content (AvgIpc) is 2.74. The quantitative estimate of drug-likeness (QED) is 0.924. The molecule has 0 unspecified atom stereocenters. The van der Waals surface area contributed by atoms with Crippen LogP contribution in [0.5, 0.6) is 0 Å². The molecule has 0 spiro atoms. The van der Waals surface area contributed by atoms with Crippen LogP contribution in [0.4, 0.5) is 0 Å². The first-order chi connectivity index (χ1) is 10.5. The molecule has 1 N–H and O–H groups in total. The Labute approximate surface area is 136 Å². The van der Waals surface area contributed by atoms with Gasteiger partial charge in [-0.15, -0.1) is 0 Å². The number of hydrogen-bond donors (Lipinski definition) is 1. The fraction of sp³-hybridized carbons (Fsp3) is 0.765. The second-order valence-electron chi connectivity index (χ2n) is 7.80. The van der Waals surface area contributed by atoms with E-state index in [2.05, 4.69) is 10.4 Å². The van der Waals surface area contributed by atoms with Crippen molar-refractivity contribution in [2.24, 2.45) is 17.8 Å². The van der Waals surface area contributed by atoms with Gasteiger partial charge in [0.2, 0.25) is 5.91 Å². The van der Waals surface area contributed by atoms with Gasteiger partial charge in [-0.2, -0.15) is 5.10 Å². The standard InChI is InChI=1S/C17H24ClN3O/c1-11-15(18)10-19-21(11)3-2-16(22)20-17-7-12-4-13(8-17)6-14(5-12)9-17/h10,12-14H,2-9H2,1H3,(H,20,22). The summed E-state index contributed by atoms with van der Waals surface area (Å²) in [5, 5.41) is 8.29. The maximum atomic E-state index is 12.4. The molecule has 5 rings (SSSR count). The van der Waals surface area contributed by atoms with Crippen LogP contribution in [0.3, 0.4) is 0 Å². The molecule has 1 amide bonds. The molecule has 1 aromatic rings. The number of carbonyl (C=O) groups excluding carboxylic acids is 1. The number of nitrogens with zero attached hydrogens (tertiary/aromatic N) is 2. The highest BCUT2D eigenvalue weighted by molar-refractivity contribution is 6.31. The minimum atomic E-state index is 0.114. The molecular weight excluding hydrogens is 298 g/mol. The van der Waals surface area contributed by atoms with E-state index in [-0.39, 0.29) is 11.4 Å². The van der Waals surface area contributed by atoms with E-state index in [4.69, 9.17) is 11.6 Å². The van der Waals surface area contributed by atoms with Gasteiger partial charge in [0.15, 0.2) is 0 Å². The molecule has 4 saturated carbocycles. The molecule has 22 heavy (non-hydrogen) atoms. The zero-order valence-corrected chi connectivity index (χ0v) is 13.9. The Kier molecular flexibility index (Phi) is 3.48. The molecular formula is C17H24ClN3O. The lowest BCUT2D eigenvalue weighted by molar-refractivity contribution is -0.127. The summed E-state index contributed by atoms with van der Waals surface area (Å²) in [5.74, 6) is 2.75. The van der Waals surface area contributed by atoms with Gasteiger partial charge < -0.3 is 5.32 Å². The molecule has 0 saturated heterocycles. The molecule has 4 nitrogen and oxygen atoms in total. The predicted octanol–water partition coefficient (Wildman–Crippen LogP) is 3.32. The zero-order valence-electron chi connectivity index (χ0n) is 13.1. The zero-order chi connectivity index (χ0) is 15.3. The third-order valence-corrected chi connectivity index (χ3v) is 6.41. The van der Waals surface area contributed by atoms with Crippen molar-refractivity contribution in [3.63, 3.8) is 0 Å². The van der Waals surface area contributed by atoms with Crippen molar-refractivity contribution in [2.75, 3.05) is 0 Å². The van der Waals surface area contributed by atoms with Crippen LogP contribution in [0.2, 0.25) is 5.02 Å². The summed E-state index contributed by atoms with van der Waals surface area (Å²) >= 11 is 6.01. The van der Waals surface area contributed by atoms with Gasteiger partial charge in [-0.25, -0.2) is 0 Å². The van der Waals surface area contributed by atoms with Crippen molar-refractivity contribution < 1.29 is 4.79 Å². The normalized spacial score (nSPS) is 35.8. The fourth-order valence-corrected chi connectivity index (χ4v) is 5.62. The molecule has 0 aromatic carbocycles. The Morgan fingerprint density at radius 1 is 1.32 bits per heavy atom. The van der Waals surface area contributed by atoms with Gasteiger partial charge in [0, 0.05) is 12.0 Å². The van der Waals surface area contributed by atoms with E-state index >= 15 is 0 Å². The highest BCUT2D eigenvalue weighted by Crippen LogP contribution is 2.55. The smallest absolute Gasteiger partial charge is 0.222 e. The summed E-state index contributed by atoms with van der Waals surface area (Å²) in [6, 6.07) is 0. The van der Waals surface area contributed by atoms with E-state index in [0.29, 0.717) is 18.0 Å². The van der Waals surface area contributed by atoms with E-state index in [1.807, 2.05) is 11.6 Å². The van der Waals surface area contributed by atoms with Gasteiger partial charge >= 0.3 is 0 Å². The number of hydrogen-bond acceptors (Lipinski definition) is 2. The molecule has 4 aliphatic carbocycles. The molecule has 4 fully saturated rings.